The van der Waals surface area contributed by atoms with Gasteiger partial charge in [0.1, 0.15) is 11.8 Å². The number of hydrogen-bond acceptors (Lipinski definition) is 4. The number of rotatable bonds is 6. The summed E-state index contributed by atoms with van der Waals surface area (Å²) in [6, 6.07) is 10.1. The van der Waals surface area contributed by atoms with E-state index in [1.807, 2.05) is 12.1 Å². The average Bonchev–Trinajstić information content (AvgIpc) is 3.05. The molecule has 0 saturated carbocycles. The van der Waals surface area contributed by atoms with Gasteiger partial charge in [-0.1, -0.05) is 41.4 Å². The first-order valence-electron chi connectivity index (χ1n) is 10.0. The average molecular weight is 459 g/mol. The van der Waals surface area contributed by atoms with Crippen LogP contribution < -0.4 is 5.32 Å². The van der Waals surface area contributed by atoms with Crippen molar-refractivity contribution in [2.75, 3.05) is 0 Å². The monoisotopic (exact) mass is 458 g/mol. The number of benzene rings is 2. The Bertz CT molecular complexity index is 1100. The molecular weight excluding hydrogens is 439 g/mol. The van der Waals surface area contributed by atoms with Crippen molar-refractivity contribution < 1.29 is 19.2 Å². The van der Waals surface area contributed by atoms with Crippen LogP contribution >= 0.6 is 23.2 Å². The van der Waals surface area contributed by atoms with Crippen molar-refractivity contribution in [1.82, 2.24) is 10.2 Å². The lowest BCUT2D eigenvalue weighted by atomic mass is 10.00. The van der Waals surface area contributed by atoms with Crippen molar-refractivity contribution in [3.8, 4) is 0 Å². The van der Waals surface area contributed by atoms with E-state index in [1.165, 1.54) is 4.90 Å². The summed E-state index contributed by atoms with van der Waals surface area (Å²) < 4.78 is 0. The largest absolute Gasteiger partial charge is 0.322 e. The molecule has 160 valence electrons. The third-order valence-corrected chi connectivity index (χ3v) is 6.40. The molecule has 2 aliphatic heterocycles. The predicted octanol–water partition coefficient (Wildman–Crippen LogP) is 3.50. The second-order valence-corrected chi connectivity index (χ2v) is 8.67. The third kappa shape index (κ3) is 4.65. The lowest BCUT2D eigenvalue weighted by Gasteiger charge is -2.29. The van der Waals surface area contributed by atoms with Crippen LogP contribution in [-0.4, -0.2) is 34.4 Å². The van der Waals surface area contributed by atoms with E-state index in [4.69, 9.17) is 23.2 Å². The summed E-state index contributed by atoms with van der Waals surface area (Å²) in [4.78, 5) is 50.2. The Hall–Kier alpha value is -2.70. The highest BCUT2D eigenvalue weighted by atomic mass is 35.5. The minimum atomic E-state index is -0.631. The molecule has 1 atom stereocenters. The Balaban J connectivity index is 1.38. The van der Waals surface area contributed by atoms with Gasteiger partial charge in [-0.15, -0.1) is 0 Å². The number of carbonyl (C=O) groups excluding carboxylic acids is 4. The predicted molar refractivity (Wildman–Crippen MR) is 116 cm³/mol. The van der Waals surface area contributed by atoms with E-state index in [0.29, 0.717) is 41.4 Å². The summed E-state index contributed by atoms with van der Waals surface area (Å²) in [6.45, 7) is 0.325. The van der Waals surface area contributed by atoms with Crippen LogP contribution in [0.15, 0.2) is 36.4 Å². The van der Waals surface area contributed by atoms with E-state index in [1.54, 1.807) is 24.3 Å². The Morgan fingerprint density at radius 3 is 2.55 bits per heavy atom. The summed E-state index contributed by atoms with van der Waals surface area (Å²) in [7, 11) is 0. The third-order valence-electron chi connectivity index (χ3n) is 5.67. The molecule has 0 aromatic heterocycles. The van der Waals surface area contributed by atoms with Gasteiger partial charge in [-0.3, -0.25) is 24.5 Å². The molecule has 2 aromatic rings. The van der Waals surface area contributed by atoms with Crippen molar-refractivity contribution in [3.63, 3.8) is 0 Å². The molecule has 0 aliphatic carbocycles. The SMILES string of the molecule is O=C(CCc1ccc2c(c1)CN(C1CCC(=O)NC1=O)C2=O)Cc1ccc(Cl)c(Cl)c1. The lowest BCUT2D eigenvalue weighted by Crippen LogP contribution is -2.52. The lowest BCUT2D eigenvalue weighted by molar-refractivity contribution is -0.137. The zero-order valence-electron chi connectivity index (χ0n) is 16.6. The molecule has 2 aliphatic rings. The maximum Gasteiger partial charge on any atom is 0.255 e. The summed E-state index contributed by atoms with van der Waals surface area (Å²) in [5.41, 5.74) is 3.18. The molecule has 0 spiro atoms. The van der Waals surface area contributed by atoms with Gasteiger partial charge >= 0.3 is 0 Å². The molecular formula is C23H20Cl2N2O4. The maximum atomic E-state index is 12.7. The number of amides is 3. The highest BCUT2D eigenvalue weighted by molar-refractivity contribution is 6.42. The zero-order valence-corrected chi connectivity index (χ0v) is 18.1. The molecule has 1 N–H and O–H groups in total. The summed E-state index contributed by atoms with van der Waals surface area (Å²) in [5, 5.41) is 3.18. The van der Waals surface area contributed by atoms with Gasteiger partial charge in [-0.05, 0) is 47.7 Å². The van der Waals surface area contributed by atoms with Crippen molar-refractivity contribution >= 4 is 46.7 Å². The van der Waals surface area contributed by atoms with Gasteiger partial charge in [0.05, 0.1) is 10.0 Å². The molecule has 31 heavy (non-hydrogen) atoms. The number of piperidine rings is 1. The van der Waals surface area contributed by atoms with Crippen LogP contribution in [0.4, 0.5) is 0 Å². The molecule has 1 saturated heterocycles. The fourth-order valence-electron chi connectivity index (χ4n) is 4.03. The Morgan fingerprint density at radius 2 is 1.81 bits per heavy atom. The number of aryl methyl sites for hydroxylation is 1. The van der Waals surface area contributed by atoms with Crippen LogP contribution in [0.5, 0.6) is 0 Å². The quantitative estimate of drug-likeness (QED) is 0.671. The van der Waals surface area contributed by atoms with E-state index >= 15 is 0 Å². The molecule has 6 nitrogen and oxygen atoms in total. The van der Waals surface area contributed by atoms with Gasteiger partial charge in [0.15, 0.2) is 0 Å². The van der Waals surface area contributed by atoms with Crippen LogP contribution in [0, 0.1) is 0 Å². The van der Waals surface area contributed by atoms with Crippen LogP contribution in [0.2, 0.25) is 10.0 Å². The highest BCUT2D eigenvalue weighted by Crippen LogP contribution is 2.28. The van der Waals surface area contributed by atoms with Crippen molar-refractivity contribution in [1.29, 1.82) is 0 Å². The van der Waals surface area contributed by atoms with Crippen LogP contribution in [-0.2, 0) is 33.8 Å². The normalized spacial score (nSPS) is 18.2. The molecule has 1 fully saturated rings. The topological polar surface area (TPSA) is 83.6 Å². The van der Waals surface area contributed by atoms with Gasteiger partial charge in [-0.25, -0.2) is 0 Å². The highest BCUT2D eigenvalue weighted by Gasteiger charge is 2.39. The van der Waals surface area contributed by atoms with Crippen LogP contribution in [0.25, 0.3) is 0 Å². The maximum absolute atomic E-state index is 12.7. The van der Waals surface area contributed by atoms with Gasteiger partial charge in [0.2, 0.25) is 11.8 Å². The van der Waals surface area contributed by atoms with Gasteiger partial charge in [-0.2, -0.15) is 0 Å². The fourth-order valence-corrected chi connectivity index (χ4v) is 4.35. The first-order valence-corrected chi connectivity index (χ1v) is 10.8. The first-order chi connectivity index (χ1) is 14.8. The number of hydrogen-bond donors (Lipinski definition) is 1. The standard InChI is InChI=1S/C23H20Cl2N2O4/c24-18-6-3-14(11-19(18)25)10-16(28)4-1-13-2-5-17-15(9-13)12-27(23(17)31)20-7-8-21(29)26-22(20)30/h2-3,5-6,9,11,20H,1,4,7-8,10,12H2,(H,26,29,30). The molecule has 8 heteroatoms. The molecule has 0 radical (unpaired) electrons. The van der Waals surface area contributed by atoms with Gasteiger partial charge in [0.25, 0.3) is 5.91 Å². The minimum Gasteiger partial charge on any atom is -0.322 e. The van der Waals surface area contributed by atoms with E-state index in [0.717, 1.165) is 16.7 Å². The van der Waals surface area contributed by atoms with Gasteiger partial charge in [0, 0.05) is 31.4 Å². The summed E-state index contributed by atoms with van der Waals surface area (Å²) >= 11 is 11.9. The number of imide groups is 1. The Labute approximate surface area is 189 Å². The fraction of sp³-hybridized carbons (Fsp3) is 0.304. The number of fused-ring (bicyclic) bond motifs is 1. The van der Waals surface area contributed by atoms with E-state index in [9.17, 15) is 19.2 Å². The van der Waals surface area contributed by atoms with E-state index in [-0.39, 0.29) is 30.4 Å². The number of ketones is 1. The van der Waals surface area contributed by atoms with Crippen molar-refractivity contribution in [2.45, 2.75) is 44.7 Å². The molecule has 2 aromatic carbocycles. The van der Waals surface area contributed by atoms with E-state index in [2.05, 4.69) is 5.32 Å². The van der Waals surface area contributed by atoms with Gasteiger partial charge < -0.3 is 4.90 Å². The molecule has 3 amide bonds. The van der Waals surface area contributed by atoms with Crippen LogP contribution in [0.1, 0.15) is 46.3 Å². The van der Waals surface area contributed by atoms with E-state index < -0.39 is 11.9 Å². The second-order valence-electron chi connectivity index (χ2n) is 7.86. The number of halogens is 2. The molecule has 4 rings (SSSR count). The molecule has 1 unspecified atom stereocenters. The van der Waals surface area contributed by atoms with Crippen molar-refractivity contribution in [2.24, 2.45) is 0 Å². The first kappa shape index (κ1) is 21.5. The number of Topliss-reactive ketones (excluding diaryl/α,β-unsaturated/α-hetero) is 1. The molecule has 0 bridgehead atoms. The second kappa shape index (κ2) is 8.81. The summed E-state index contributed by atoms with van der Waals surface area (Å²) in [6.07, 6.45) is 1.76. The Morgan fingerprint density at radius 1 is 1.03 bits per heavy atom. The number of carbonyl (C=O) groups is 4. The zero-order chi connectivity index (χ0) is 22.1. The molecule has 2 heterocycles. The Kier molecular flexibility index (Phi) is 6.12. The smallest absolute Gasteiger partial charge is 0.255 e. The summed E-state index contributed by atoms with van der Waals surface area (Å²) in [5.74, 6) is -0.851. The number of nitrogens with one attached hydrogen (secondary N) is 1. The van der Waals surface area contributed by atoms with Crippen molar-refractivity contribution in [3.05, 3.63) is 68.7 Å². The minimum absolute atomic E-state index is 0.0835. The number of nitrogens with zero attached hydrogens (tertiary/aromatic N) is 1. The van der Waals surface area contributed by atoms with Crippen LogP contribution in [0.3, 0.4) is 0 Å².